The maximum atomic E-state index is 15.9. The molecule has 0 spiro atoms. The van der Waals surface area contributed by atoms with Crippen molar-refractivity contribution in [3.63, 3.8) is 0 Å². The summed E-state index contributed by atoms with van der Waals surface area (Å²) in [4.78, 5) is 39.1. The lowest BCUT2D eigenvalue weighted by Crippen LogP contribution is -2.41. The quantitative estimate of drug-likeness (QED) is 0.0726. The highest BCUT2D eigenvalue weighted by Gasteiger charge is 2.45. The van der Waals surface area contributed by atoms with Gasteiger partial charge in [0.15, 0.2) is 17.3 Å². The summed E-state index contributed by atoms with van der Waals surface area (Å²) >= 11 is 0. The number of aromatic amines is 1. The number of nitrogens with one attached hydrogen (secondary N) is 1. The molecule has 73 heavy (non-hydrogen) atoms. The van der Waals surface area contributed by atoms with Crippen LogP contribution in [0.5, 0.6) is 17.2 Å². The molecule has 6 aromatic rings. The smallest absolute Gasteiger partial charge is 0.161 e. The van der Waals surface area contributed by atoms with Crippen LogP contribution in [0.3, 0.4) is 0 Å². The van der Waals surface area contributed by atoms with Gasteiger partial charge in [-0.2, -0.15) is 6.20 Å². The summed E-state index contributed by atoms with van der Waals surface area (Å²) in [5.74, 6) is -2.16. The van der Waals surface area contributed by atoms with Crippen molar-refractivity contribution in [1.29, 1.82) is 0 Å². The summed E-state index contributed by atoms with van der Waals surface area (Å²) < 4.78 is 6.54. The van der Waals surface area contributed by atoms with Crippen LogP contribution in [0, 0.1) is 11.8 Å². The van der Waals surface area contributed by atoms with Gasteiger partial charge in [-0.3, -0.25) is 9.59 Å². The number of hydrogen-bond acceptors (Lipinski definition) is 8. The first-order valence-electron chi connectivity index (χ1n) is 26.5. The Kier molecular flexibility index (Phi) is 13.8. The molecule has 11 rings (SSSR count). The largest absolute Gasteiger partial charge is 0.664 e. The lowest BCUT2D eigenvalue weighted by Gasteiger charge is -2.43. The van der Waals surface area contributed by atoms with Crippen molar-refractivity contribution in [1.82, 2.24) is 9.97 Å². The fraction of sp³-hybridized carbons (Fsp3) is 0.387. The molecule has 11 heteroatoms. The monoisotopic (exact) mass is 979 g/mol. The first-order valence-corrected chi connectivity index (χ1v) is 26.5. The third kappa shape index (κ3) is 10.1. The minimum absolute atomic E-state index is 0.0169. The van der Waals surface area contributed by atoms with Crippen molar-refractivity contribution in [2.24, 2.45) is 11.8 Å². The molecule has 5 aliphatic rings. The predicted octanol–water partition coefficient (Wildman–Crippen LogP) is 10.4. The molecule has 11 nitrogen and oxygen atoms in total. The number of aliphatic hydroxyl groups excluding tert-OH is 2. The number of hydrogen-bond donors (Lipinski definition) is 6. The highest BCUT2D eigenvalue weighted by molar-refractivity contribution is 6.05. The molecule has 0 amide bonds. The van der Waals surface area contributed by atoms with E-state index < -0.39 is 35.5 Å². The Labute approximate surface area is 427 Å². The zero-order valence-electron chi connectivity index (χ0n) is 41.3. The summed E-state index contributed by atoms with van der Waals surface area (Å²) in [6.45, 7) is -0.375. The maximum absolute atomic E-state index is 15.9. The molecule has 3 heterocycles. The molecule has 0 saturated heterocycles. The average Bonchev–Trinajstić information content (AvgIpc) is 4.15. The second-order valence-corrected chi connectivity index (χ2v) is 21.4. The van der Waals surface area contributed by atoms with E-state index >= 15 is 4.79 Å². The highest BCUT2D eigenvalue weighted by atomic mass is 16.5. The molecule has 0 radical (unpaired) electrons. The summed E-state index contributed by atoms with van der Waals surface area (Å²) in [6, 6.07) is 29.1. The Bertz CT molecular complexity index is 3050. The Morgan fingerprint density at radius 2 is 1.67 bits per heavy atom. The predicted molar refractivity (Wildman–Crippen MR) is 281 cm³/mol. The molecular formula is C62H65N3O8-2. The molecule has 6 bridgehead atoms. The number of aromatic nitrogens is 2. The van der Waals surface area contributed by atoms with Gasteiger partial charge in [-0.05, 0) is 147 Å². The van der Waals surface area contributed by atoms with E-state index in [-0.39, 0.29) is 67.4 Å². The molecule has 1 saturated carbocycles. The summed E-state index contributed by atoms with van der Waals surface area (Å²) in [5.41, 5.74) is 8.97. The van der Waals surface area contributed by atoms with Crippen LogP contribution in [0.25, 0.3) is 17.5 Å². The minimum Gasteiger partial charge on any atom is -0.664 e. The van der Waals surface area contributed by atoms with Crippen molar-refractivity contribution < 1.29 is 39.9 Å². The Balaban J connectivity index is 1.04. The van der Waals surface area contributed by atoms with Gasteiger partial charge in [0, 0.05) is 42.4 Å². The lowest BCUT2D eigenvalue weighted by atomic mass is 9.65. The topological polar surface area (TPSA) is 189 Å². The van der Waals surface area contributed by atoms with Gasteiger partial charge in [-0.15, -0.1) is 5.69 Å². The third-order valence-electron chi connectivity index (χ3n) is 16.6. The Morgan fingerprint density at radius 1 is 0.822 bits per heavy atom. The second kappa shape index (κ2) is 20.7. The first kappa shape index (κ1) is 48.6. The molecular weight excluding hydrogens is 915 g/mol. The molecule has 1 fully saturated rings. The maximum Gasteiger partial charge on any atom is 0.161 e. The number of carbonyl (C=O) groups is 2. The number of ketones is 2. The number of phenols is 2. The fourth-order valence-electron chi connectivity index (χ4n) is 12.8. The van der Waals surface area contributed by atoms with Crippen LogP contribution in [0.4, 0.5) is 5.82 Å². The number of carbonyl (C=O) groups excluding carboxylic acids is 2. The average molecular weight is 980 g/mol. The van der Waals surface area contributed by atoms with Crippen LogP contribution in [0.2, 0.25) is 0 Å². The van der Waals surface area contributed by atoms with Gasteiger partial charge in [-0.25, -0.2) is 0 Å². The minimum atomic E-state index is -1.41. The van der Waals surface area contributed by atoms with E-state index in [1.165, 1.54) is 0 Å². The lowest BCUT2D eigenvalue weighted by molar-refractivity contribution is -0.136. The normalized spacial score (nSPS) is 24.4. The Morgan fingerprint density at radius 3 is 2.51 bits per heavy atom. The van der Waals surface area contributed by atoms with E-state index in [0.717, 1.165) is 75.8 Å². The SMILES string of the molecule is O=C1CCc2cc(c(O)c(OC3CCCC3)c2)Cc2ccc(C[C@H](O)Cc3ccccc3)c(c2)[C@@H]2CC[C@@H]([N-]c3[nH]ccc32)C2=Cc3[n-]ccc3[C@@H](C[C@]3(O)C=Cc4c(O)cccc4CC3)[C@H]2C(=O)[C@H]1CCO. The number of fused-ring (bicyclic) bond motifs is 14. The third-order valence-corrected chi connectivity index (χ3v) is 16.6. The zero-order chi connectivity index (χ0) is 50.2. The molecule has 6 N–H and O–H groups in total. The van der Waals surface area contributed by atoms with E-state index in [1.54, 1.807) is 30.5 Å². The fourth-order valence-corrected chi connectivity index (χ4v) is 12.8. The number of ether oxygens (including phenoxy) is 1. The summed E-state index contributed by atoms with van der Waals surface area (Å²) in [7, 11) is 0. The van der Waals surface area contributed by atoms with Crippen molar-refractivity contribution in [2.45, 2.75) is 132 Å². The molecule has 2 aromatic heterocycles. The van der Waals surface area contributed by atoms with Crippen LogP contribution in [0.1, 0.15) is 137 Å². The van der Waals surface area contributed by atoms with Crippen LogP contribution in [-0.2, 0) is 41.7 Å². The number of Topliss-reactive ketones (excluding diaryl/α,β-unsaturated/α-hetero) is 2. The van der Waals surface area contributed by atoms with E-state index in [0.29, 0.717) is 73.3 Å². The van der Waals surface area contributed by atoms with Crippen molar-refractivity contribution in [2.75, 3.05) is 6.61 Å². The van der Waals surface area contributed by atoms with Gasteiger partial charge >= 0.3 is 0 Å². The standard InChI is InChI=1S/C62H65N3O8/c66-28-23-49-56(69)18-14-39-30-42(59(70)57(33-39)73-44-10-4-5-11-44)29-38-13-15-41(34-43(67)31-37-7-2-1-3-8-37)50(32-38)46-16-17-53(65-61-48(46)22-27-64-61)51-35-54-47(21-26-63-54)52(58(51)60(49)71)36-62(72)24-19-40-9-6-12-55(68)45(40)20-25-62/h1-3,6-9,12-13,15,20-22,25-27,30,32-33,35,43-44,46,49,52-53,58,64,66-68,70,72H,4-5,10-11,14,16-19,23-24,28-29,31,34,36H2/q-2/t43-,46-,49+,52-,53-,58+,62-/m1/s1. The number of nitrogens with zero attached hydrogens (tertiary/aromatic N) is 2. The van der Waals surface area contributed by atoms with Gasteiger partial charge in [0.25, 0.3) is 0 Å². The molecule has 0 unspecified atom stereocenters. The van der Waals surface area contributed by atoms with E-state index in [2.05, 4.69) is 29.2 Å². The van der Waals surface area contributed by atoms with Crippen molar-refractivity contribution >= 4 is 29.5 Å². The number of phenolic OH excluding ortho intramolecular Hbond substituents is 2. The molecule has 4 aromatic carbocycles. The Hall–Kier alpha value is -6.66. The number of aliphatic hydroxyl groups is 3. The van der Waals surface area contributed by atoms with Crippen molar-refractivity contribution in [3.05, 3.63) is 182 Å². The van der Waals surface area contributed by atoms with Crippen molar-refractivity contribution in [3.8, 4) is 17.2 Å². The van der Waals surface area contributed by atoms with Gasteiger partial charge in [0.05, 0.1) is 23.7 Å². The number of aromatic hydroxyl groups is 2. The molecule has 378 valence electrons. The number of benzene rings is 4. The van der Waals surface area contributed by atoms with E-state index in [4.69, 9.17) is 15.0 Å². The van der Waals surface area contributed by atoms with Gasteiger partial charge in [-0.1, -0.05) is 120 Å². The molecule has 7 atom stereocenters. The summed E-state index contributed by atoms with van der Waals surface area (Å²) in [5, 5.41) is 63.4. The first-order chi connectivity index (χ1) is 35.5. The van der Waals surface area contributed by atoms with Crippen LogP contribution in [0.15, 0.2) is 115 Å². The van der Waals surface area contributed by atoms with Gasteiger partial charge in [0.1, 0.15) is 11.5 Å². The number of aryl methyl sites for hydroxylation is 2. The van der Waals surface area contributed by atoms with Gasteiger partial charge < -0.3 is 45.6 Å². The molecule has 4 aliphatic carbocycles. The highest BCUT2D eigenvalue weighted by Crippen LogP contribution is 2.52. The molecule has 1 aliphatic heterocycles. The van der Waals surface area contributed by atoms with E-state index in [9.17, 15) is 30.3 Å². The van der Waals surface area contributed by atoms with Crippen LogP contribution < -0.4 is 9.72 Å². The number of rotatable bonds is 10. The van der Waals surface area contributed by atoms with E-state index in [1.807, 2.05) is 66.9 Å². The van der Waals surface area contributed by atoms with Gasteiger partial charge in [0.2, 0.25) is 0 Å². The van der Waals surface area contributed by atoms with Crippen LogP contribution >= 0.6 is 0 Å². The zero-order valence-corrected chi connectivity index (χ0v) is 41.3. The van der Waals surface area contributed by atoms with Crippen LogP contribution in [-0.4, -0.2) is 72.5 Å². The second-order valence-electron chi connectivity index (χ2n) is 21.4. The number of H-pyrrole nitrogens is 1. The summed E-state index contributed by atoms with van der Waals surface area (Å²) in [6.07, 6.45) is 16.0.